The normalized spacial score (nSPS) is 20.7. The highest BCUT2D eigenvalue weighted by Crippen LogP contribution is 2.24. The fourth-order valence-corrected chi connectivity index (χ4v) is 3.60. The molecule has 2 saturated heterocycles. The van der Waals surface area contributed by atoms with Gasteiger partial charge in [0.25, 0.3) is 0 Å². The summed E-state index contributed by atoms with van der Waals surface area (Å²) in [4.78, 5) is 9.62. The van der Waals surface area contributed by atoms with E-state index >= 15 is 0 Å². The molecule has 0 unspecified atom stereocenters. The van der Waals surface area contributed by atoms with Crippen LogP contribution in [-0.2, 0) is 0 Å². The van der Waals surface area contributed by atoms with Crippen molar-refractivity contribution in [2.24, 2.45) is 0 Å². The average molecular weight is 278 g/mol. The molecule has 0 aliphatic carbocycles. The Morgan fingerprint density at radius 3 is 2.53 bits per heavy atom. The number of aryl methyl sites for hydroxylation is 1. The lowest BCUT2D eigenvalue weighted by Crippen LogP contribution is -2.43. The number of rotatable bonds is 2. The van der Waals surface area contributed by atoms with Crippen LogP contribution in [0.15, 0.2) is 12.1 Å². The van der Waals surface area contributed by atoms with Gasteiger partial charge in [-0.25, -0.2) is 4.98 Å². The third-order valence-corrected chi connectivity index (χ3v) is 4.68. The first-order valence-electron chi connectivity index (χ1n) is 7.10. The maximum atomic E-state index is 4.73. The number of anilines is 2. The molecule has 2 fully saturated rings. The van der Waals surface area contributed by atoms with E-state index in [-0.39, 0.29) is 0 Å². The van der Waals surface area contributed by atoms with Gasteiger partial charge in [0, 0.05) is 68.2 Å². The summed E-state index contributed by atoms with van der Waals surface area (Å²) >= 11 is 2.04. The SMILES string of the molecule is Cc1cc(N2CCNCC2)cc(N2CCSCC2)n1. The summed E-state index contributed by atoms with van der Waals surface area (Å²) in [6.07, 6.45) is 0. The second-order valence-electron chi connectivity index (χ2n) is 5.16. The van der Waals surface area contributed by atoms with Crippen LogP contribution >= 0.6 is 11.8 Å². The number of nitrogens with zero attached hydrogens (tertiary/aromatic N) is 3. The number of pyridine rings is 1. The van der Waals surface area contributed by atoms with Gasteiger partial charge in [-0.05, 0) is 13.0 Å². The van der Waals surface area contributed by atoms with Crippen molar-refractivity contribution in [2.75, 3.05) is 60.6 Å². The number of aromatic nitrogens is 1. The van der Waals surface area contributed by atoms with Crippen molar-refractivity contribution < 1.29 is 0 Å². The quantitative estimate of drug-likeness (QED) is 0.883. The highest BCUT2D eigenvalue weighted by Gasteiger charge is 2.16. The fourth-order valence-electron chi connectivity index (χ4n) is 2.69. The monoisotopic (exact) mass is 278 g/mol. The molecule has 1 N–H and O–H groups in total. The maximum Gasteiger partial charge on any atom is 0.130 e. The Balaban J connectivity index is 1.82. The van der Waals surface area contributed by atoms with E-state index in [1.165, 1.54) is 17.2 Å². The number of hydrogen-bond acceptors (Lipinski definition) is 5. The average Bonchev–Trinajstić information content (AvgIpc) is 2.48. The molecule has 0 radical (unpaired) electrons. The Kier molecular flexibility index (Phi) is 4.13. The molecule has 0 bridgehead atoms. The summed E-state index contributed by atoms with van der Waals surface area (Å²) in [6, 6.07) is 4.49. The van der Waals surface area contributed by atoms with Crippen molar-refractivity contribution in [1.82, 2.24) is 10.3 Å². The van der Waals surface area contributed by atoms with Crippen molar-refractivity contribution in [3.8, 4) is 0 Å². The molecule has 2 aliphatic rings. The largest absolute Gasteiger partial charge is 0.369 e. The van der Waals surface area contributed by atoms with Gasteiger partial charge in [-0.1, -0.05) is 0 Å². The van der Waals surface area contributed by atoms with Gasteiger partial charge in [-0.3, -0.25) is 0 Å². The standard InChI is InChI=1S/C14H22N4S/c1-12-10-13(17-4-2-15-3-5-17)11-14(16-12)18-6-8-19-9-7-18/h10-11,15H,2-9H2,1H3. The van der Waals surface area contributed by atoms with Crippen LogP contribution in [0.25, 0.3) is 0 Å². The fraction of sp³-hybridized carbons (Fsp3) is 0.643. The summed E-state index contributed by atoms with van der Waals surface area (Å²) in [5.74, 6) is 3.60. The summed E-state index contributed by atoms with van der Waals surface area (Å²) in [7, 11) is 0. The molecule has 3 rings (SSSR count). The minimum atomic E-state index is 1.08. The summed E-state index contributed by atoms with van der Waals surface area (Å²) in [5, 5.41) is 3.41. The molecule has 1 aromatic heterocycles. The van der Waals surface area contributed by atoms with Crippen LogP contribution < -0.4 is 15.1 Å². The third kappa shape index (κ3) is 3.15. The van der Waals surface area contributed by atoms with E-state index in [9.17, 15) is 0 Å². The zero-order chi connectivity index (χ0) is 13.1. The van der Waals surface area contributed by atoms with Crippen molar-refractivity contribution in [2.45, 2.75) is 6.92 Å². The third-order valence-electron chi connectivity index (χ3n) is 3.74. The Morgan fingerprint density at radius 1 is 1.05 bits per heavy atom. The number of thioether (sulfide) groups is 1. The second kappa shape index (κ2) is 6.01. The van der Waals surface area contributed by atoms with E-state index < -0.39 is 0 Å². The number of piperazine rings is 1. The van der Waals surface area contributed by atoms with Crippen LogP contribution in [0.5, 0.6) is 0 Å². The predicted octanol–water partition coefficient (Wildman–Crippen LogP) is 1.35. The van der Waals surface area contributed by atoms with Gasteiger partial charge in [-0.2, -0.15) is 11.8 Å². The van der Waals surface area contributed by atoms with Gasteiger partial charge in [0.1, 0.15) is 5.82 Å². The minimum Gasteiger partial charge on any atom is -0.369 e. The minimum absolute atomic E-state index is 1.08. The Hall–Kier alpha value is -0.940. The zero-order valence-corrected chi connectivity index (χ0v) is 12.4. The number of hydrogen-bond donors (Lipinski definition) is 1. The van der Waals surface area contributed by atoms with Crippen LogP contribution in [0.4, 0.5) is 11.5 Å². The van der Waals surface area contributed by atoms with Gasteiger partial charge in [0.2, 0.25) is 0 Å². The lowest BCUT2D eigenvalue weighted by molar-refractivity contribution is 0.589. The van der Waals surface area contributed by atoms with Crippen LogP contribution in [-0.4, -0.2) is 55.8 Å². The van der Waals surface area contributed by atoms with Gasteiger partial charge < -0.3 is 15.1 Å². The van der Waals surface area contributed by atoms with Gasteiger partial charge in [-0.15, -0.1) is 0 Å². The molecule has 0 saturated carbocycles. The molecule has 0 atom stereocenters. The highest BCUT2D eigenvalue weighted by atomic mass is 32.2. The first-order valence-corrected chi connectivity index (χ1v) is 8.25. The Labute approximate surface area is 119 Å². The van der Waals surface area contributed by atoms with Gasteiger partial charge in [0.15, 0.2) is 0 Å². The first kappa shape index (κ1) is 13.1. The van der Waals surface area contributed by atoms with E-state index in [0.29, 0.717) is 0 Å². The Bertz CT molecular complexity index is 389. The van der Waals surface area contributed by atoms with Crippen LogP contribution in [0, 0.1) is 6.92 Å². The van der Waals surface area contributed by atoms with E-state index in [0.717, 1.165) is 50.8 Å². The molecule has 0 aromatic carbocycles. The van der Waals surface area contributed by atoms with Crippen molar-refractivity contribution >= 4 is 23.3 Å². The molecule has 4 nitrogen and oxygen atoms in total. The van der Waals surface area contributed by atoms with E-state index in [2.05, 4.69) is 34.2 Å². The molecule has 2 aliphatic heterocycles. The highest BCUT2D eigenvalue weighted by molar-refractivity contribution is 7.99. The van der Waals surface area contributed by atoms with Crippen molar-refractivity contribution in [3.05, 3.63) is 17.8 Å². The molecular weight excluding hydrogens is 256 g/mol. The summed E-state index contributed by atoms with van der Waals surface area (Å²) < 4.78 is 0. The van der Waals surface area contributed by atoms with Crippen LogP contribution in [0.3, 0.4) is 0 Å². The topological polar surface area (TPSA) is 31.4 Å². The van der Waals surface area contributed by atoms with Gasteiger partial charge in [0.05, 0.1) is 0 Å². The summed E-state index contributed by atoms with van der Waals surface area (Å²) in [5.41, 5.74) is 2.46. The van der Waals surface area contributed by atoms with E-state index in [1.807, 2.05) is 11.8 Å². The molecule has 5 heteroatoms. The Morgan fingerprint density at radius 2 is 1.79 bits per heavy atom. The molecular formula is C14H22N4S. The first-order chi connectivity index (χ1) is 9.33. The van der Waals surface area contributed by atoms with Crippen LogP contribution in [0.2, 0.25) is 0 Å². The molecule has 0 spiro atoms. The lowest BCUT2D eigenvalue weighted by Gasteiger charge is -2.32. The second-order valence-corrected chi connectivity index (χ2v) is 6.39. The van der Waals surface area contributed by atoms with Crippen LogP contribution in [0.1, 0.15) is 5.69 Å². The van der Waals surface area contributed by atoms with Crippen molar-refractivity contribution in [3.63, 3.8) is 0 Å². The zero-order valence-electron chi connectivity index (χ0n) is 11.6. The smallest absolute Gasteiger partial charge is 0.130 e. The van der Waals surface area contributed by atoms with E-state index in [4.69, 9.17) is 4.98 Å². The maximum absolute atomic E-state index is 4.73. The molecule has 3 heterocycles. The summed E-state index contributed by atoms with van der Waals surface area (Å²) in [6.45, 7) is 8.71. The molecule has 104 valence electrons. The molecule has 0 amide bonds. The van der Waals surface area contributed by atoms with Gasteiger partial charge >= 0.3 is 0 Å². The van der Waals surface area contributed by atoms with Crippen molar-refractivity contribution in [1.29, 1.82) is 0 Å². The molecule has 1 aromatic rings. The molecule has 19 heavy (non-hydrogen) atoms. The predicted molar refractivity (Wildman–Crippen MR) is 83.6 cm³/mol. The lowest BCUT2D eigenvalue weighted by atomic mass is 10.2. The number of nitrogens with one attached hydrogen (secondary N) is 1. The van der Waals surface area contributed by atoms with E-state index in [1.54, 1.807) is 0 Å².